The quantitative estimate of drug-likeness (QED) is 0.358. The molecule has 0 bridgehead atoms. The highest BCUT2D eigenvalue weighted by Gasteiger charge is 2.13. The third-order valence-electron chi connectivity index (χ3n) is 4.62. The smallest absolute Gasteiger partial charge is 0.174 e. The van der Waals surface area contributed by atoms with Gasteiger partial charge in [-0.3, -0.25) is 0 Å². The molecule has 5 heteroatoms. The van der Waals surface area contributed by atoms with E-state index in [0.29, 0.717) is 18.2 Å². The van der Waals surface area contributed by atoms with Crippen LogP contribution in [0.4, 0.5) is 5.69 Å². The Bertz CT molecular complexity index is 975. The van der Waals surface area contributed by atoms with E-state index < -0.39 is 0 Å². The number of nitrogens with one attached hydrogen (secondary N) is 1. The molecule has 3 aromatic rings. The molecule has 0 heterocycles. The summed E-state index contributed by atoms with van der Waals surface area (Å²) in [7, 11) is 1.66. The summed E-state index contributed by atoms with van der Waals surface area (Å²) in [6.07, 6.45) is 0. The van der Waals surface area contributed by atoms with E-state index in [2.05, 4.69) is 66.0 Å². The molecule has 0 fully saturated rings. The van der Waals surface area contributed by atoms with Crippen LogP contribution in [0.1, 0.15) is 22.3 Å². The molecule has 3 rings (SSSR count). The van der Waals surface area contributed by atoms with Gasteiger partial charge in [-0.05, 0) is 83.5 Å². The van der Waals surface area contributed by atoms with E-state index in [-0.39, 0.29) is 0 Å². The molecule has 0 aromatic heterocycles. The van der Waals surface area contributed by atoms with Crippen molar-refractivity contribution >= 4 is 39.9 Å². The molecule has 0 aliphatic heterocycles. The molecule has 3 nitrogen and oxygen atoms in total. The van der Waals surface area contributed by atoms with Crippen LogP contribution in [0.25, 0.3) is 0 Å². The normalized spacial score (nSPS) is 10.6. The number of hydrogen-bond donors (Lipinski definition) is 1. The first-order valence-corrected chi connectivity index (χ1v) is 10.5. The average molecular weight is 508 g/mol. The number of halogens is 2. The predicted octanol–water partition coefficient (Wildman–Crippen LogP) is 6.76. The highest BCUT2D eigenvalue weighted by Crippen LogP contribution is 2.35. The molecular weight excluding hydrogens is 485 g/mol. The third-order valence-corrected chi connectivity index (χ3v) is 5.79. The molecule has 1 N–H and O–H groups in total. The Morgan fingerprint density at radius 2 is 1.79 bits per heavy atom. The van der Waals surface area contributed by atoms with Crippen LogP contribution in [0.2, 0.25) is 5.02 Å². The molecule has 0 amide bonds. The van der Waals surface area contributed by atoms with Crippen LogP contribution < -0.4 is 14.8 Å². The first-order chi connectivity index (χ1) is 13.5. The number of rotatable bonds is 7. The van der Waals surface area contributed by atoms with E-state index in [1.807, 2.05) is 30.3 Å². The molecule has 146 valence electrons. The second-order valence-corrected chi connectivity index (χ2v) is 8.21. The SMILES string of the molecule is COc1cc(CNc2ccc(C)c(C)c2)cc(I)c1OCc1ccccc1Cl. The van der Waals surface area contributed by atoms with E-state index in [1.165, 1.54) is 11.1 Å². The summed E-state index contributed by atoms with van der Waals surface area (Å²) in [5.41, 5.74) is 5.76. The van der Waals surface area contributed by atoms with E-state index in [0.717, 1.165) is 31.9 Å². The van der Waals surface area contributed by atoms with Gasteiger partial charge >= 0.3 is 0 Å². The lowest BCUT2D eigenvalue weighted by molar-refractivity contribution is 0.282. The van der Waals surface area contributed by atoms with Gasteiger partial charge in [-0.1, -0.05) is 35.9 Å². The second-order valence-electron chi connectivity index (χ2n) is 6.64. The zero-order valence-corrected chi connectivity index (χ0v) is 19.1. The maximum atomic E-state index is 6.23. The van der Waals surface area contributed by atoms with Gasteiger partial charge in [0.2, 0.25) is 0 Å². The summed E-state index contributed by atoms with van der Waals surface area (Å²) in [6, 6.07) is 18.2. The Morgan fingerprint density at radius 3 is 2.50 bits per heavy atom. The van der Waals surface area contributed by atoms with E-state index in [9.17, 15) is 0 Å². The number of benzene rings is 3. The summed E-state index contributed by atoms with van der Waals surface area (Å²) >= 11 is 8.51. The van der Waals surface area contributed by atoms with Crippen molar-refractivity contribution in [3.8, 4) is 11.5 Å². The number of aryl methyl sites for hydroxylation is 2. The number of hydrogen-bond acceptors (Lipinski definition) is 3. The van der Waals surface area contributed by atoms with Crippen LogP contribution in [0, 0.1) is 17.4 Å². The minimum Gasteiger partial charge on any atom is -0.493 e. The summed E-state index contributed by atoms with van der Waals surface area (Å²) in [5, 5.41) is 4.17. The molecule has 0 aliphatic rings. The summed E-state index contributed by atoms with van der Waals surface area (Å²) in [6.45, 7) is 5.34. The lowest BCUT2D eigenvalue weighted by Gasteiger charge is -2.16. The number of ether oxygens (including phenoxy) is 2. The molecule has 0 saturated heterocycles. The maximum absolute atomic E-state index is 6.23. The molecule has 3 aromatic carbocycles. The van der Waals surface area contributed by atoms with Gasteiger partial charge in [-0.2, -0.15) is 0 Å². The van der Waals surface area contributed by atoms with Gasteiger partial charge in [0.25, 0.3) is 0 Å². The van der Waals surface area contributed by atoms with Gasteiger partial charge in [-0.25, -0.2) is 0 Å². The van der Waals surface area contributed by atoms with Crippen LogP contribution in [0.15, 0.2) is 54.6 Å². The molecule has 0 saturated carbocycles. The zero-order chi connectivity index (χ0) is 20.1. The van der Waals surface area contributed by atoms with Crippen molar-refractivity contribution in [2.45, 2.75) is 27.0 Å². The van der Waals surface area contributed by atoms with Crippen LogP contribution >= 0.6 is 34.2 Å². The Balaban J connectivity index is 1.73. The van der Waals surface area contributed by atoms with Crippen molar-refractivity contribution < 1.29 is 9.47 Å². The van der Waals surface area contributed by atoms with Gasteiger partial charge in [0.1, 0.15) is 6.61 Å². The topological polar surface area (TPSA) is 30.5 Å². The molecule has 0 radical (unpaired) electrons. The fraction of sp³-hybridized carbons (Fsp3) is 0.217. The van der Waals surface area contributed by atoms with Crippen LogP contribution in [0.5, 0.6) is 11.5 Å². The van der Waals surface area contributed by atoms with Gasteiger partial charge in [0.15, 0.2) is 11.5 Å². The Kier molecular flexibility index (Phi) is 7.08. The zero-order valence-electron chi connectivity index (χ0n) is 16.2. The maximum Gasteiger partial charge on any atom is 0.174 e. The summed E-state index contributed by atoms with van der Waals surface area (Å²) in [4.78, 5) is 0. The van der Waals surface area contributed by atoms with Crippen molar-refractivity contribution in [3.63, 3.8) is 0 Å². The molecule has 0 unspecified atom stereocenters. The Labute approximate surface area is 185 Å². The van der Waals surface area contributed by atoms with Gasteiger partial charge in [0, 0.05) is 22.8 Å². The van der Waals surface area contributed by atoms with Crippen molar-refractivity contribution in [1.82, 2.24) is 0 Å². The minimum absolute atomic E-state index is 0.395. The largest absolute Gasteiger partial charge is 0.493 e. The van der Waals surface area contributed by atoms with Gasteiger partial charge in [-0.15, -0.1) is 0 Å². The predicted molar refractivity (Wildman–Crippen MR) is 125 cm³/mol. The highest BCUT2D eigenvalue weighted by molar-refractivity contribution is 14.1. The van der Waals surface area contributed by atoms with E-state index in [4.69, 9.17) is 21.1 Å². The van der Waals surface area contributed by atoms with E-state index >= 15 is 0 Å². The first kappa shape index (κ1) is 20.8. The van der Waals surface area contributed by atoms with Crippen molar-refractivity contribution in [2.75, 3.05) is 12.4 Å². The standard InChI is InChI=1S/C23H23ClINO2/c1-15-8-9-19(10-16(15)2)26-13-17-11-21(25)23(22(12-17)27-3)28-14-18-6-4-5-7-20(18)24/h4-12,26H,13-14H2,1-3H3. The van der Waals surface area contributed by atoms with Crippen molar-refractivity contribution in [2.24, 2.45) is 0 Å². The molecule has 0 atom stereocenters. The minimum atomic E-state index is 0.395. The lowest BCUT2D eigenvalue weighted by atomic mass is 10.1. The average Bonchev–Trinajstić information content (AvgIpc) is 2.68. The Morgan fingerprint density at radius 1 is 1.00 bits per heavy atom. The van der Waals surface area contributed by atoms with Crippen LogP contribution in [0.3, 0.4) is 0 Å². The monoisotopic (exact) mass is 507 g/mol. The highest BCUT2D eigenvalue weighted by atomic mass is 127. The molecule has 0 aliphatic carbocycles. The number of anilines is 1. The van der Waals surface area contributed by atoms with Crippen molar-refractivity contribution in [3.05, 3.63) is 85.4 Å². The van der Waals surface area contributed by atoms with Gasteiger partial charge < -0.3 is 14.8 Å². The van der Waals surface area contributed by atoms with Crippen molar-refractivity contribution in [1.29, 1.82) is 0 Å². The fourth-order valence-corrected chi connectivity index (χ4v) is 3.85. The molecule has 28 heavy (non-hydrogen) atoms. The van der Waals surface area contributed by atoms with Crippen LogP contribution in [-0.2, 0) is 13.2 Å². The Hall–Kier alpha value is -1.92. The first-order valence-electron chi connectivity index (χ1n) is 9.01. The van der Waals surface area contributed by atoms with Crippen LogP contribution in [-0.4, -0.2) is 7.11 Å². The summed E-state index contributed by atoms with van der Waals surface area (Å²) in [5.74, 6) is 1.45. The summed E-state index contributed by atoms with van der Waals surface area (Å²) < 4.78 is 12.6. The second kappa shape index (κ2) is 9.52. The number of methoxy groups -OCH3 is 1. The fourth-order valence-electron chi connectivity index (χ4n) is 2.84. The molecular formula is C23H23ClINO2. The lowest BCUT2D eigenvalue weighted by Crippen LogP contribution is -2.04. The molecule has 0 spiro atoms. The third kappa shape index (κ3) is 5.11. The van der Waals surface area contributed by atoms with E-state index in [1.54, 1.807) is 7.11 Å². The van der Waals surface area contributed by atoms with Gasteiger partial charge in [0.05, 0.1) is 10.7 Å².